The number of piperidine rings is 1. The lowest BCUT2D eigenvalue weighted by Crippen LogP contribution is -2.42. The van der Waals surface area contributed by atoms with E-state index < -0.39 is 0 Å². The molecule has 1 aliphatic heterocycles. The third-order valence-electron chi connectivity index (χ3n) is 2.78. The highest BCUT2D eigenvalue weighted by Crippen LogP contribution is 2.16. The molecule has 1 fully saturated rings. The van der Waals surface area contributed by atoms with E-state index in [9.17, 15) is 4.79 Å². The summed E-state index contributed by atoms with van der Waals surface area (Å²) in [6, 6.07) is 0. The maximum Gasteiger partial charge on any atom is 0.221 e. The molecule has 1 amide bonds. The molecule has 1 saturated heterocycles. The molecule has 15 heavy (non-hydrogen) atoms. The Morgan fingerprint density at radius 2 is 2.40 bits per heavy atom. The SMILES string of the molecule is C=C(CNC)CN1CCCC(C(N)=O)C1. The van der Waals surface area contributed by atoms with Gasteiger partial charge in [-0.25, -0.2) is 0 Å². The van der Waals surface area contributed by atoms with Gasteiger partial charge in [0.25, 0.3) is 0 Å². The number of amides is 1. The molecular formula is C11H21N3O. The number of nitrogens with two attached hydrogens (primary N) is 1. The zero-order valence-corrected chi connectivity index (χ0v) is 9.46. The molecule has 1 heterocycles. The summed E-state index contributed by atoms with van der Waals surface area (Å²) in [5.74, 6) is -0.139. The summed E-state index contributed by atoms with van der Waals surface area (Å²) in [6.45, 7) is 7.52. The number of likely N-dealkylation sites (tertiary alicyclic amines) is 1. The minimum Gasteiger partial charge on any atom is -0.369 e. The Morgan fingerprint density at radius 3 is 3.00 bits per heavy atom. The van der Waals surface area contributed by atoms with Gasteiger partial charge in [-0.3, -0.25) is 9.69 Å². The van der Waals surface area contributed by atoms with Gasteiger partial charge >= 0.3 is 0 Å². The molecule has 1 unspecified atom stereocenters. The van der Waals surface area contributed by atoms with Gasteiger partial charge in [-0.2, -0.15) is 0 Å². The van der Waals surface area contributed by atoms with Gasteiger partial charge in [-0.15, -0.1) is 0 Å². The van der Waals surface area contributed by atoms with Crippen LogP contribution in [0.5, 0.6) is 0 Å². The van der Waals surface area contributed by atoms with E-state index in [1.807, 2.05) is 7.05 Å². The van der Waals surface area contributed by atoms with Crippen molar-refractivity contribution in [2.24, 2.45) is 11.7 Å². The molecule has 0 aromatic heterocycles. The van der Waals surface area contributed by atoms with Crippen molar-refractivity contribution < 1.29 is 4.79 Å². The zero-order chi connectivity index (χ0) is 11.3. The molecule has 0 aliphatic carbocycles. The Bertz CT molecular complexity index is 240. The van der Waals surface area contributed by atoms with Crippen molar-refractivity contribution in [1.29, 1.82) is 0 Å². The fourth-order valence-electron chi connectivity index (χ4n) is 2.05. The molecule has 0 radical (unpaired) electrons. The molecular weight excluding hydrogens is 190 g/mol. The first-order valence-corrected chi connectivity index (χ1v) is 5.46. The van der Waals surface area contributed by atoms with Gasteiger partial charge in [0.15, 0.2) is 0 Å². The van der Waals surface area contributed by atoms with Crippen molar-refractivity contribution in [3.8, 4) is 0 Å². The largest absolute Gasteiger partial charge is 0.369 e. The van der Waals surface area contributed by atoms with Crippen LogP contribution in [0.1, 0.15) is 12.8 Å². The Morgan fingerprint density at radius 1 is 1.67 bits per heavy atom. The number of primary amides is 1. The first-order chi connectivity index (χ1) is 7.13. The molecule has 3 N–H and O–H groups in total. The van der Waals surface area contributed by atoms with Crippen LogP contribution in [-0.4, -0.2) is 44.0 Å². The topological polar surface area (TPSA) is 58.4 Å². The normalized spacial score (nSPS) is 22.6. The van der Waals surface area contributed by atoms with E-state index in [0.29, 0.717) is 0 Å². The zero-order valence-electron chi connectivity index (χ0n) is 9.46. The Balaban J connectivity index is 2.36. The highest BCUT2D eigenvalue weighted by molar-refractivity contribution is 5.76. The second-order valence-corrected chi connectivity index (χ2v) is 4.26. The number of rotatable bonds is 5. The number of nitrogens with zero attached hydrogens (tertiary/aromatic N) is 1. The van der Waals surface area contributed by atoms with E-state index in [-0.39, 0.29) is 11.8 Å². The number of hydrogen-bond donors (Lipinski definition) is 2. The maximum atomic E-state index is 11.1. The van der Waals surface area contributed by atoms with Crippen LogP contribution >= 0.6 is 0 Å². The molecule has 1 atom stereocenters. The van der Waals surface area contributed by atoms with Crippen LogP contribution in [0, 0.1) is 5.92 Å². The van der Waals surface area contributed by atoms with Gasteiger partial charge in [0.1, 0.15) is 0 Å². The molecule has 1 aliphatic rings. The summed E-state index contributed by atoms with van der Waals surface area (Å²) in [7, 11) is 1.91. The number of carbonyl (C=O) groups excluding carboxylic acids is 1. The van der Waals surface area contributed by atoms with Crippen molar-refractivity contribution in [1.82, 2.24) is 10.2 Å². The fourth-order valence-corrected chi connectivity index (χ4v) is 2.05. The summed E-state index contributed by atoms with van der Waals surface area (Å²) in [5, 5.41) is 3.07. The van der Waals surface area contributed by atoms with Gasteiger partial charge in [-0.1, -0.05) is 6.58 Å². The van der Waals surface area contributed by atoms with E-state index in [0.717, 1.165) is 44.6 Å². The van der Waals surface area contributed by atoms with Crippen molar-refractivity contribution >= 4 is 5.91 Å². The van der Waals surface area contributed by atoms with E-state index in [4.69, 9.17) is 5.73 Å². The van der Waals surface area contributed by atoms with Crippen molar-refractivity contribution in [2.75, 3.05) is 33.2 Å². The number of nitrogens with one attached hydrogen (secondary N) is 1. The molecule has 0 spiro atoms. The molecule has 0 aromatic carbocycles. The first-order valence-electron chi connectivity index (χ1n) is 5.46. The third kappa shape index (κ3) is 4.01. The summed E-state index contributed by atoms with van der Waals surface area (Å²) in [5.41, 5.74) is 6.47. The average molecular weight is 211 g/mol. The van der Waals surface area contributed by atoms with Gasteiger partial charge in [0, 0.05) is 19.6 Å². The van der Waals surface area contributed by atoms with Crippen LogP contribution < -0.4 is 11.1 Å². The predicted molar refractivity (Wildman–Crippen MR) is 61.4 cm³/mol. The lowest BCUT2D eigenvalue weighted by Gasteiger charge is -2.31. The van der Waals surface area contributed by atoms with Crippen LogP contribution in [0.4, 0.5) is 0 Å². The molecule has 0 saturated carbocycles. The van der Waals surface area contributed by atoms with E-state index >= 15 is 0 Å². The predicted octanol–water partition coefficient (Wildman–Crippen LogP) is -0.0407. The van der Waals surface area contributed by atoms with Gasteiger partial charge < -0.3 is 11.1 Å². The minimum absolute atomic E-state index is 0.0288. The standard InChI is InChI=1S/C11H21N3O/c1-9(6-13-2)7-14-5-3-4-10(8-14)11(12)15/h10,13H,1,3-8H2,2H3,(H2,12,15). The van der Waals surface area contributed by atoms with E-state index in [1.165, 1.54) is 0 Å². The van der Waals surface area contributed by atoms with Crippen LogP contribution in [0.2, 0.25) is 0 Å². The van der Waals surface area contributed by atoms with Gasteiger partial charge in [0.05, 0.1) is 5.92 Å². The minimum atomic E-state index is -0.168. The molecule has 4 heteroatoms. The van der Waals surface area contributed by atoms with E-state index in [1.54, 1.807) is 0 Å². The second kappa shape index (κ2) is 5.88. The monoisotopic (exact) mass is 211 g/mol. The van der Waals surface area contributed by atoms with Gasteiger partial charge in [-0.05, 0) is 32.0 Å². The Labute approximate surface area is 91.5 Å². The maximum absolute atomic E-state index is 11.1. The number of carbonyl (C=O) groups is 1. The van der Waals surface area contributed by atoms with Crippen LogP contribution in [0.3, 0.4) is 0 Å². The summed E-state index contributed by atoms with van der Waals surface area (Å²) in [6.07, 6.45) is 1.99. The number of hydrogen-bond acceptors (Lipinski definition) is 3. The molecule has 1 rings (SSSR count). The van der Waals surface area contributed by atoms with Gasteiger partial charge in [0.2, 0.25) is 5.91 Å². The second-order valence-electron chi connectivity index (χ2n) is 4.26. The summed E-state index contributed by atoms with van der Waals surface area (Å²) in [4.78, 5) is 13.3. The van der Waals surface area contributed by atoms with Crippen molar-refractivity contribution in [3.63, 3.8) is 0 Å². The van der Waals surface area contributed by atoms with Crippen LogP contribution in [0.15, 0.2) is 12.2 Å². The molecule has 4 nitrogen and oxygen atoms in total. The van der Waals surface area contributed by atoms with Crippen LogP contribution in [0.25, 0.3) is 0 Å². The van der Waals surface area contributed by atoms with Crippen molar-refractivity contribution in [3.05, 3.63) is 12.2 Å². The lowest BCUT2D eigenvalue weighted by atomic mass is 9.97. The fraction of sp³-hybridized carbons (Fsp3) is 0.727. The van der Waals surface area contributed by atoms with E-state index in [2.05, 4.69) is 16.8 Å². The Kier molecular flexibility index (Phi) is 4.78. The van der Waals surface area contributed by atoms with Crippen LogP contribution in [-0.2, 0) is 4.79 Å². The molecule has 86 valence electrons. The lowest BCUT2D eigenvalue weighted by molar-refractivity contribution is -0.123. The Hall–Kier alpha value is -0.870. The average Bonchev–Trinajstić information content (AvgIpc) is 2.18. The summed E-state index contributed by atoms with van der Waals surface area (Å²) >= 11 is 0. The third-order valence-corrected chi connectivity index (χ3v) is 2.78. The molecule has 0 bridgehead atoms. The molecule has 0 aromatic rings. The summed E-state index contributed by atoms with van der Waals surface area (Å²) < 4.78 is 0. The smallest absolute Gasteiger partial charge is 0.221 e. The number of likely N-dealkylation sites (N-methyl/N-ethyl adjacent to an activating group) is 1. The quantitative estimate of drug-likeness (QED) is 0.627. The van der Waals surface area contributed by atoms with Crippen molar-refractivity contribution in [2.45, 2.75) is 12.8 Å². The first kappa shape index (κ1) is 12.2. The highest BCUT2D eigenvalue weighted by Gasteiger charge is 2.23. The highest BCUT2D eigenvalue weighted by atomic mass is 16.1.